The summed E-state index contributed by atoms with van der Waals surface area (Å²) in [5.41, 5.74) is 5.21. The Morgan fingerprint density at radius 3 is 2.77 bits per heavy atom. The third-order valence-corrected chi connectivity index (χ3v) is 5.33. The molecule has 0 amide bonds. The van der Waals surface area contributed by atoms with Crippen LogP contribution in [0.25, 0.3) is 0 Å². The summed E-state index contributed by atoms with van der Waals surface area (Å²) < 4.78 is 7.27. The third kappa shape index (κ3) is 3.61. The van der Waals surface area contributed by atoms with Crippen molar-refractivity contribution in [2.24, 2.45) is 10.7 Å². The van der Waals surface area contributed by atoms with Crippen molar-refractivity contribution < 1.29 is 25.0 Å². The van der Waals surface area contributed by atoms with Gasteiger partial charge in [-0.05, 0) is 12.0 Å². The number of aromatic nitrogens is 2. The van der Waals surface area contributed by atoms with E-state index in [0.717, 1.165) is 5.56 Å². The van der Waals surface area contributed by atoms with E-state index in [9.17, 15) is 25.4 Å². The second-order valence-electron chi connectivity index (χ2n) is 7.33. The van der Waals surface area contributed by atoms with Crippen molar-refractivity contribution in [2.45, 2.75) is 43.4 Å². The zero-order chi connectivity index (χ0) is 21.5. The Morgan fingerprint density at radius 2 is 2.13 bits per heavy atom. The summed E-state index contributed by atoms with van der Waals surface area (Å²) in [6.07, 6.45) is 0.101. The number of non-ortho nitro benzene ring substituents is 1. The number of imidazole rings is 1. The molecule has 1 saturated heterocycles. The molecule has 12 heteroatoms. The van der Waals surface area contributed by atoms with Crippen molar-refractivity contribution in [3.63, 3.8) is 0 Å². The van der Waals surface area contributed by atoms with Gasteiger partial charge in [-0.1, -0.05) is 12.1 Å². The minimum absolute atomic E-state index is 0.00676. The Kier molecular flexibility index (Phi) is 5.15. The SMILES string of the molecule is NC1=NC(O)(CCc2ccc([N+](=O)[O-])cc2)c2ncn([C@H]3C[C@H](O)[C@@H](CO)O3)c2N1. The number of hydrogen-bond acceptors (Lipinski definition) is 10. The number of guanidine groups is 1. The lowest BCUT2D eigenvalue weighted by Gasteiger charge is -2.29. The lowest BCUT2D eigenvalue weighted by molar-refractivity contribution is -0.384. The number of ether oxygens (including phenoxy) is 1. The Hall–Kier alpha value is -3.06. The molecule has 30 heavy (non-hydrogen) atoms. The molecule has 2 aliphatic rings. The van der Waals surface area contributed by atoms with Gasteiger partial charge in [0, 0.05) is 25.0 Å². The van der Waals surface area contributed by atoms with Crippen LogP contribution in [0.3, 0.4) is 0 Å². The molecule has 0 radical (unpaired) electrons. The average molecular weight is 418 g/mol. The Balaban J connectivity index is 1.55. The van der Waals surface area contributed by atoms with E-state index in [2.05, 4.69) is 15.3 Å². The predicted octanol–water partition coefficient (Wildman–Crippen LogP) is -0.0499. The molecule has 3 heterocycles. The van der Waals surface area contributed by atoms with Gasteiger partial charge in [0.25, 0.3) is 5.69 Å². The van der Waals surface area contributed by atoms with Crippen LogP contribution >= 0.6 is 0 Å². The minimum Gasteiger partial charge on any atom is -0.394 e. The number of aliphatic imine (C=N–C) groups is 1. The summed E-state index contributed by atoms with van der Waals surface area (Å²) in [6.45, 7) is -0.315. The number of anilines is 1. The van der Waals surface area contributed by atoms with Crippen LogP contribution in [0.15, 0.2) is 35.6 Å². The fourth-order valence-corrected chi connectivity index (χ4v) is 3.73. The van der Waals surface area contributed by atoms with E-state index in [1.165, 1.54) is 18.5 Å². The number of nitro benzene ring substituents is 1. The number of aliphatic hydroxyl groups is 3. The molecule has 1 aromatic carbocycles. The number of aliphatic hydroxyl groups excluding tert-OH is 2. The second-order valence-corrected chi connectivity index (χ2v) is 7.33. The number of fused-ring (bicyclic) bond motifs is 1. The Labute approximate surface area is 170 Å². The van der Waals surface area contributed by atoms with E-state index in [-0.39, 0.29) is 36.8 Å². The number of rotatable bonds is 6. The Morgan fingerprint density at radius 1 is 1.40 bits per heavy atom. The fraction of sp³-hybridized carbons (Fsp3) is 0.444. The first-order chi connectivity index (χ1) is 14.3. The molecular formula is C18H22N6O6. The molecule has 0 saturated carbocycles. The molecule has 1 fully saturated rings. The van der Waals surface area contributed by atoms with E-state index in [0.29, 0.717) is 12.2 Å². The fourth-order valence-electron chi connectivity index (χ4n) is 3.73. The molecule has 0 aliphatic carbocycles. The number of hydrogen-bond donors (Lipinski definition) is 5. The van der Waals surface area contributed by atoms with Crippen molar-refractivity contribution >= 4 is 17.5 Å². The molecule has 1 unspecified atom stereocenters. The van der Waals surface area contributed by atoms with Gasteiger partial charge >= 0.3 is 0 Å². The normalized spacial score (nSPS) is 28.0. The smallest absolute Gasteiger partial charge is 0.269 e. The number of nitrogens with two attached hydrogens (primary N) is 1. The lowest BCUT2D eigenvalue weighted by Crippen LogP contribution is -2.38. The van der Waals surface area contributed by atoms with Gasteiger partial charge in [0.05, 0.1) is 24.0 Å². The zero-order valence-corrected chi connectivity index (χ0v) is 15.9. The average Bonchev–Trinajstić information content (AvgIpc) is 3.30. The van der Waals surface area contributed by atoms with Gasteiger partial charge in [-0.3, -0.25) is 14.7 Å². The second kappa shape index (κ2) is 7.65. The van der Waals surface area contributed by atoms with Gasteiger partial charge < -0.3 is 31.1 Å². The summed E-state index contributed by atoms with van der Waals surface area (Å²) in [5, 5.41) is 44.1. The first-order valence-electron chi connectivity index (χ1n) is 9.40. The van der Waals surface area contributed by atoms with Crippen LogP contribution in [0.1, 0.15) is 30.3 Å². The van der Waals surface area contributed by atoms with E-state index >= 15 is 0 Å². The van der Waals surface area contributed by atoms with Crippen molar-refractivity contribution in [1.29, 1.82) is 0 Å². The van der Waals surface area contributed by atoms with Crippen LogP contribution < -0.4 is 11.1 Å². The van der Waals surface area contributed by atoms with Crippen molar-refractivity contribution in [3.8, 4) is 0 Å². The van der Waals surface area contributed by atoms with E-state index < -0.39 is 29.1 Å². The Bertz CT molecular complexity index is 976. The van der Waals surface area contributed by atoms with Gasteiger partial charge in [-0.15, -0.1) is 0 Å². The van der Waals surface area contributed by atoms with Gasteiger partial charge in [0.15, 0.2) is 5.96 Å². The van der Waals surface area contributed by atoms with Crippen LogP contribution in [0.5, 0.6) is 0 Å². The van der Waals surface area contributed by atoms with Crippen LogP contribution in [0.2, 0.25) is 0 Å². The largest absolute Gasteiger partial charge is 0.394 e. The first kappa shape index (κ1) is 20.2. The standard InChI is InChI=1S/C18H22N6O6/c19-17-21-16-15(20-9-23(16)14-7-12(26)13(8-25)30-14)18(27,22-17)6-5-10-1-3-11(4-2-10)24(28)29/h1-4,9,12-14,25-27H,5-8H2,(H3,19,21,22)/t12-,13+,14+,18?/m0/s1. The molecule has 6 N–H and O–H groups in total. The van der Waals surface area contributed by atoms with Crippen LogP contribution in [-0.4, -0.2) is 54.6 Å². The van der Waals surface area contributed by atoms with Gasteiger partial charge in [-0.2, -0.15) is 0 Å². The quantitative estimate of drug-likeness (QED) is 0.317. The molecular weight excluding hydrogens is 396 g/mol. The van der Waals surface area contributed by atoms with Crippen LogP contribution in [0, 0.1) is 10.1 Å². The highest BCUT2D eigenvalue weighted by atomic mass is 16.6. The van der Waals surface area contributed by atoms with Gasteiger partial charge in [0.1, 0.15) is 23.8 Å². The molecule has 2 aliphatic heterocycles. The maximum Gasteiger partial charge on any atom is 0.269 e. The zero-order valence-electron chi connectivity index (χ0n) is 15.9. The van der Waals surface area contributed by atoms with Crippen molar-refractivity contribution in [2.75, 3.05) is 11.9 Å². The highest BCUT2D eigenvalue weighted by Crippen LogP contribution is 2.39. The maximum absolute atomic E-state index is 11.2. The topological polar surface area (TPSA) is 181 Å². The molecule has 0 bridgehead atoms. The van der Waals surface area contributed by atoms with E-state index in [1.54, 1.807) is 16.7 Å². The molecule has 12 nitrogen and oxygen atoms in total. The maximum atomic E-state index is 11.2. The number of nitro groups is 1. The minimum atomic E-state index is -1.70. The molecule has 1 aromatic heterocycles. The number of benzene rings is 1. The summed E-state index contributed by atoms with van der Waals surface area (Å²) in [7, 11) is 0. The summed E-state index contributed by atoms with van der Waals surface area (Å²) in [5.74, 6) is 0.386. The highest BCUT2D eigenvalue weighted by molar-refractivity contribution is 5.94. The predicted molar refractivity (Wildman–Crippen MR) is 104 cm³/mol. The number of aryl methyl sites for hydroxylation is 1. The molecule has 2 aromatic rings. The number of nitrogens with one attached hydrogen (secondary N) is 1. The molecule has 160 valence electrons. The van der Waals surface area contributed by atoms with Crippen molar-refractivity contribution in [1.82, 2.24) is 9.55 Å². The van der Waals surface area contributed by atoms with Crippen LogP contribution in [-0.2, 0) is 16.9 Å². The molecule has 4 rings (SSSR count). The van der Waals surface area contributed by atoms with E-state index in [4.69, 9.17) is 10.5 Å². The number of nitrogens with zero attached hydrogens (tertiary/aromatic N) is 4. The van der Waals surface area contributed by atoms with Crippen molar-refractivity contribution in [3.05, 3.63) is 52.0 Å². The monoisotopic (exact) mass is 418 g/mol. The molecule has 0 spiro atoms. The summed E-state index contributed by atoms with van der Waals surface area (Å²) in [6, 6.07) is 6.05. The van der Waals surface area contributed by atoms with E-state index in [1.807, 2.05) is 0 Å². The molecule has 4 atom stereocenters. The van der Waals surface area contributed by atoms with Gasteiger partial charge in [-0.25, -0.2) is 9.98 Å². The lowest BCUT2D eigenvalue weighted by atomic mass is 9.98. The highest BCUT2D eigenvalue weighted by Gasteiger charge is 2.42. The van der Waals surface area contributed by atoms with Crippen LogP contribution in [0.4, 0.5) is 11.5 Å². The third-order valence-electron chi connectivity index (χ3n) is 5.33. The summed E-state index contributed by atoms with van der Waals surface area (Å²) in [4.78, 5) is 18.7. The summed E-state index contributed by atoms with van der Waals surface area (Å²) >= 11 is 0. The first-order valence-corrected chi connectivity index (χ1v) is 9.40. The van der Waals surface area contributed by atoms with Gasteiger partial charge in [0.2, 0.25) is 5.72 Å².